The van der Waals surface area contributed by atoms with Crippen LogP contribution < -0.4 is 16.4 Å². The molecule has 182 valence electrons. The monoisotopic (exact) mass is 555 g/mol. The molecule has 0 spiro atoms. The first-order valence-electron chi connectivity index (χ1n) is 10.6. The molecule has 36 heavy (non-hydrogen) atoms. The maximum absolute atomic E-state index is 13.7. The zero-order valence-corrected chi connectivity index (χ0v) is 21.8. The molecule has 0 aliphatic heterocycles. The number of halogens is 1. The first-order valence-corrected chi connectivity index (χ1v) is 14.2. The van der Waals surface area contributed by atoms with Crippen LogP contribution in [0.15, 0.2) is 69.3 Å². The molecule has 0 saturated carbocycles. The third kappa shape index (κ3) is 5.95. The summed E-state index contributed by atoms with van der Waals surface area (Å²) in [6.07, 6.45) is 0. The number of hydrogen-bond acceptors (Lipinski definition) is 9. The summed E-state index contributed by atoms with van der Waals surface area (Å²) < 4.78 is 17.1. The molecule has 0 aliphatic carbocycles. The fourth-order valence-corrected chi connectivity index (χ4v) is 7.05. The molecule has 7 nitrogen and oxygen atoms in total. The van der Waals surface area contributed by atoms with Crippen LogP contribution in [0.5, 0.6) is 0 Å². The average Bonchev–Trinajstić information content (AvgIpc) is 3.45. The number of hydrogen-bond donors (Lipinski definition) is 3. The van der Waals surface area contributed by atoms with E-state index in [1.165, 1.54) is 58.3 Å². The van der Waals surface area contributed by atoms with Crippen LogP contribution in [0.4, 0.5) is 21.5 Å². The molecule has 0 atom stereocenters. The van der Waals surface area contributed by atoms with Crippen LogP contribution in [-0.4, -0.2) is 33.3 Å². The predicted octanol–water partition coefficient (Wildman–Crippen LogP) is 6.09. The summed E-state index contributed by atoms with van der Waals surface area (Å²) in [5, 5.41) is 5.47. The van der Waals surface area contributed by atoms with Gasteiger partial charge in [0, 0.05) is 11.4 Å². The van der Waals surface area contributed by atoms with Gasteiger partial charge in [-0.2, -0.15) is 0 Å². The van der Waals surface area contributed by atoms with Crippen molar-refractivity contribution in [2.45, 2.75) is 8.68 Å². The maximum Gasteiger partial charge on any atom is 0.234 e. The zero-order chi connectivity index (χ0) is 25.1. The Morgan fingerprint density at radius 3 is 2.14 bits per heavy atom. The Labute approximate surface area is 221 Å². The van der Waals surface area contributed by atoms with Gasteiger partial charge in [0.05, 0.1) is 37.6 Å². The van der Waals surface area contributed by atoms with Crippen molar-refractivity contribution in [3.8, 4) is 0 Å². The Morgan fingerprint density at radius 1 is 0.833 bits per heavy atom. The largest absolute Gasteiger partial charge is 0.399 e. The summed E-state index contributed by atoms with van der Waals surface area (Å²) in [7, 11) is 0. The molecule has 2 amide bonds. The van der Waals surface area contributed by atoms with Crippen molar-refractivity contribution in [1.29, 1.82) is 0 Å². The highest BCUT2D eigenvalue weighted by Gasteiger charge is 2.12. The number of benzene rings is 3. The van der Waals surface area contributed by atoms with Gasteiger partial charge in [0.2, 0.25) is 11.8 Å². The summed E-state index contributed by atoms with van der Waals surface area (Å²) in [5.41, 5.74) is 8.97. The average molecular weight is 556 g/mol. The lowest BCUT2D eigenvalue weighted by molar-refractivity contribution is -0.114. The van der Waals surface area contributed by atoms with Gasteiger partial charge in [0.1, 0.15) is 5.82 Å². The van der Waals surface area contributed by atoms with Crippen molar-refractivity contribution in [3.05, 3.63) is 66.5 Å². The van der Waals surface area contributed by atoms with Crippen LogP contribution in [0.2, 0.25) is 0 Å². The molecular weight excluding hydrogens is 538 g/mol. The fraction of sp³-hybridized carbons (Fsp3) is 0.0833. The van der Waals surface area contributed by atoms with Crippen LogP contribution in [0.3, 0.4) is 0 Å². The van der Waals surface area contributed by atoms with Crippen LogP contribution in [0.25, 0.3) is 20.4 Å². The van der Waals surface area contributed by atoms with Gasteiger partial charge in [-0.3, -0.25) is 9.59 Å². The Kier molecular flexibility index (Phi) is 7.37. The zero-order valence-electron chi connectivity index (χ0n) is 18.5. The number of rotatable bonds is 8. The second-order valence-electron chi connectivity index (χ2n) is 7.52. The van der Waals surface area contributed by atoms with E-state index >= 15 is 0 Å². The van der Waals surface area contributed by atoms with Gasteiger partial charge in [0.25, 0.3) is 0 Å². The fourth-order valence-electron chi connectivity index (χ4n) is 3.23. The molecule has 0 fully saturated rings. The summed E-state index contributed by atoms with van der Waals surface area (Å²) in [4.78, 5) is 33.7. The number of amides is 2. The number of aromatic nitrogens is 2. The molecule has 0 radical (unpaired) electrons. The van der Waals surface area contributed by atoms with Crippen molar-refractivity contribution in [2.24, 2.45) is 0 Å². The summed E-state index contributed by atoms with van der Waals surface area (Å²) in [6, 6.07) is 17.1. The number of para-hydroxylation sites is 1. The van der Waals surface area contributed by atoms with Crippen molar-refractivity contribution in [2.75, 3.05) is 27.9 Å². The van der Waals surface area contributed by atoms with Crippen LogP contribution in [-0.2, 0) is 9.59 Å². The molecule has 5 aromatic rings. The molecule has 12 heteroatoms. The first kappa shape index (κ1) is 24.5. The van der Waals surface area contributed by atoms with Gasteiger partial charge in [-0.25, -0.2) is 14.4 Å². The van der Waals surface area contributed by atoms with Crippen LogP contribution in [0.1, 0.15) is 0 Å². The van der Waals surface area contributed by atoms with E-state index in [1.54, 1.807) is 18.2 Å². The van der Waals surface area contributed by atoms with Gasteiger partial charge in [-0.1, -0.05) is 35.7 Å². The van der Waals surface area contributed by atoms with Crippen molar-refractivity contribution in [3.63, 3.8) is 0 Å². The number of carbonyl (C=O) groups excluding carboxylic acids is 2. The Morgan fingerprint density at radius 2 is 1.44 bits per heavy atom. The number of nitrogens with one attached hydrogen (secondary N) is 2. The van der Waals surface area contributed by atoms with Gasteiger partial charge < -0.3 is 16.4 Å². The molecule has 0 saturated heterocycles. The van der Waals surface area contributed by atoms with E-state index in [0.717, 1.165) is 24.8 Å². The normalized spacial score (nSPS) is 11.1. The topological polar surface area (TPSA) is 110 Å². The number of carbonyl (C=O) groups is 2. The smallest absolute Gasteiger partial charge is 0.234 e. The van der Waals surface area contributed by atoms with Crippen LogP contribution >= 0.6 is 46.2 Å². The van der Waals surface area contributed by atoms with E-state index in [9.17, 15) is 14.0 Å². The number of fused-ring (bicyclic) bond motifs is 2. The summed E-state index contributed by atoms with van der Waals surface area (Å²) in [5.74, 6) is -0.593. The number of anilines is 3. The van der Waals surface area contributed by atoms with E-state index < -0.39 is 5.82 Å². The second kappa shape index (κ2) is 10.8. The molecule has 2 heterocycles. The number of thiazole rings is 2. The van der Waals surface area contributed by atoms with Crippen LogP contribution in [0, 0.1) is 5.82 Å². The van der Waals surface area contributed by atoms with E-state index in [-0.39, 0.29) is 29.0 Å². The Bertz CT molecular complexity index is 1590. The highest BCUT2D eigenvalue weighted by molar-refractivity contribution is 8.02. The molecule has 3 aromatic carbocycles. The van der Waals surface area contributed by atoms with Crippen molar-refractivity contribution < 1.29 is 14.0 Å². The number of nitrogen functional groups attached to an aromatic ring is 1. The quantitative estimate of drug-likeness (QED) is 0.157. The van der Waals surface area contributed by atoms with Gasteiger partial charge in [-0.15, -0.1) is 22.7 Å². The molecule has 2 aromatic heterocycles. The van der Waals surface area contributed by atoms with Gasteiger partial charge in [-0.05, 0) is 48.5 Å². The highest BCUT2D eigenvalue weighted by Crippen LogP contribution is 2.33. The lowest BCUT2D eigenvalue weighted by atomic mass is 10.3. The first-order chi connectivity index (χ1) is 17.4. The lowest BCUT2D eigenvalue weighted by Crippen LogP contribution is -2.14. The third-order valence-corrected chi connectivity index (χ3v) is 9.17. The third-order valence-electron chi connectivity index (χ3n) is 4.85. The van der Waals surface area contributed by atoms with E-state index in [4.69, 9.17) is 5.73 Å². The Hall–Kier alpha value is -3.19. The number of nitrogens with two attached hydrogens (primary N) is 1. The van der Waals surface area contributed by atoms with Gasteiger partial charge >= 0.3 is 0 Å². The SMILES string of the molecule is Nc1ccc2nc(SCC(=O)Nc3ccc4nc(SCC(=O)Nc5ccccc5F)sc4c3)sc2c1. The minimum absolute atomic E-state index is 0.104. The standard InChI is InChI=1S/C24H18FN5O2S4/c25-15-3-1-2-4-16(15)28-22(32)12-34-24-30-18-8-6-14(10-20(18)36-24)27-21(31)11-33-23-29-17-7-5-13(26)9-19(17)35-23/h1-10H,11-12,26H2,(H,27,31)(H,28,32). The molecule has 5 rings (SSSR count). The van der Waals surface area contributed by atoms with Gasteiger partial charge in [0.15, 0.2) is 8.68 Å². The Balaban J connectivity index is 1.15. The minimum Gasteiger partial charge on any atom is -0.399 e. The molecule has 4 N–H and O–H groups in total. The van der Waals surface area contributed by atoms with E-state index in [2.05, 4.69) is 20.6 Å². The summed E-state index contributed by atoms with van der Waals surface area (Å²) in [6.45, 7) is 0. The molecule has 0 aliphatic rings. The molecule has 0 unspecified atom stereocenters. The van der Waals surface area contributed by atoms with E-state index in [0.29, 0.717) is 15.7 Å². The van der Waals surface area contributed by atoms with Crippen molar-refractivity contribution >= 4 is 95.5 Å². The lowest BCUT2D eigenvalue weighted by Gasteiger charge is -2.04. The summed E-state index contributed by atoms with van der Waals surface area (Å²) >= 11 is 5.59. The highest BCUT2D eigenvalue weighted by atomic mass is 32.2. The molecular formula is C24H18FN5O2S4. The maximum atomic E-state index is 13.7. The second-order valence-corrected chi connectivity index (χ2v) is 12.0. The number of thioether (sulfide) groups is 2. The molecule has 0 bridgehead atoms. The number of nitrogens with zero attached hydrogens (tertiary/aromatic N) is 2. The van der Waals surface area contributed by atoms with Crippen molar-refractivity contribution in [1.82, 2.24) is 9.97 Å². The van der Waals surface area contributed by atoms with E-state index in [1.807, 2.05) is 30.3 Å². The predicted molar refractivity (Wildman–Crippen MR) is 149 cm³/mol. The minimum atomic E-state index is -0.478.